The third kappa shape index (κ3) is 5.60. The summed E-state index contributed by atoms with van der Waals surface area (Å²) in [6.45, 7) is 4.86. The van der Waals surface area contributed by atoms with E-state index < -0.39 is 5.60 Å². The van der Waals surface area contributed by atoms with Gasteiger partial charge in [-0.25, -0.2) is 4.98 Å². The molecule has 0 aliphatic carbocycles. The van der Waals surface area contributed by atoms with Crippen LogP contribution in [-0.2, 0) is 26.7 Å². The van der Waals surface area contributed by atoms with Crippen LogP contribution in [0.1, 0.15) is 29.5 Å². The molecule has 0 saturated carbocycles. The Morgan fingerprint density at radius 3 is 2.46 bits per heavy atom. The van der Waals surface area contributed by atoms with E-state index in [0.29, 0.717) is 43.5 Å². The molecular formula is C31H33ClN6O2S. The predicted octanol–water partition coefficient (Wildman–Crippen LogP) is 4.97. The van der Waals surface area contributed by atoms with E-state index >= 15 is 0 Å². The molecule has 1 aliphatic rings. The number of likely N-dealkylation sites (tertiary alicyclic amines) is 1. The second-order valence-electron chi connectivity index (χ2n) is 11.0. The zero-order valence-corrected chi connectivity index (χ0v) is 24.8. The topological polar surface area (TPSA) is 102 Å². The van der Waals surface area contributed by atoms with Gasteiger partial charge in [-0.2, -0.15) is 5.10 Å². The van der Waals surface area contributed by atoms with Gasteiger partial charge in [0.2, 0.25) is 0 Å². The van der Waals surface area contributed by atoms with Gasteiger partial charge in [0.25, 0.3) is 5.56 Å². The first-order valence-electron chi connectivity index (χ1n) is 13.7. The van der Waals surface area contributed by atoms with Gasteiger partial charge in [-0.3, -0.25) is 18.9 Å². The van der Waals surface area contributed by atoms with E-state index in [1.165, 1.54) is 21.3 Å². The van der Waals surface area contributed by atoms with E-state index in [0.717, 1.165) is 39.5 Å². The molecule has 1 saturated heterocycles. The average molecular weight is 589 g/mol. The van der Waals surface area contributed by atoms with Crippen LogP contribution < -0.4 is 11.3 Å². The van der Waals surface area contributed by atoms with Gasteiger partial charge >= 0.3 is 0 Å². The Morgan fingerprint density at radius 2 is 1.80 bits per heavy atom. The number of aryl methyl sites for hydroxylation is 2. The fraction of sp³-hybridized carbons (Fsp3) is 0.323. The van der Waals surface area contributed by atoms with E-state index in [4.69, 9.17) is 17.3 Å². The molecule has 2 aromatic carbocycles. The summed E-state index contributed by atoms with van der Waals surface area (Å²) in [5.41, 5.74) is 11.5. The lowest BCUT2D eigenvalue weighted by molar-refractivity contribution is -0.0364. The van der Waals surface area contributed by atoms with Crippen molar-refractivity contribution in [3.05, 3.63) is 92.3 Å². The molecule has 3 N–H and O–H groups in total. The first kappa shape index (κ1) is 27.8. The molecule has 0 atom stereocenters. The highest BCUT2D eigenvalue weighted by molar-refractivity contribution is 7.13. The molecule has 6 rings (SSSR count). The number of nitrogens with zero attached hydrogens (tertiary/aromatic N) is 5. The van der Waals surface area contributed by atoms with Gasteiger partial charge in [-0.15, -0.1) is 11.3 Å². The first-order valence-corrected chi connectivity index (χ1v) is 15.0. The Kier molecular flexibility index (Phi) is 7.56. The van der Waals surface area contributed by atoms with Crippen molar-refractivity contribution in [3.8, 4) is 21.7 Å². The third-order valence-electron chi connectivity index (χ3n) is 7.99. The summed E-state index contributed by atoms with van der Waals surface area (Å²) < 4.78 is 3.18. The summed E-state index contributed by atoms with van der Waals surface area (Å²) in [5, 5.41) is 18.8. The van der Waals surface area contributed by atoms with E-state index in [1.54, 1.807) is 16.0 Å². The molecule has 0 bridgehead atoms. The molecule has 4 heterocycles. The first-order chi connectivity index (χ1) is 19.7. The number of rotatable bonds is 7. The second-order valence-corrected chi connectivity index (χ2v) is 12.4. The summed E-state index contributed by atoms with van der Waals surface area (Å²) in [4.78, 5) is 21.5. The van der Waals surface area contributed by atoms with Crippen LogP contribution in [-0.4, -0.2) is 48.0 Å². The minimum Gasteiger partial charge on any atom is -0.388 e. The Labute approximate surface area is 247 Å². The number of hydrogen-bond acceptors (Lipinski definition) is 7. The second kappa shape index (κ2) is 11.2. The maximum absolute atomic E-state index is 13.4. The molecule has 1 fully saturated rings. The molecule has 0 amide bonds. The molecule has 0 unspecified atom stereocenters. The van der Waals surface area contributed by atoms with Crippen molar-refractivity contribution in [3.63, 3.8) is 0 Å². The van der Waals surface area contributed by atoms with Crippen LogP contribution >= 0.6 is 22.9 Å². The van der Waals surface area contributed by atoms with Gasteiger partial charge in [0.15, 0.2) is 5.52 Å². The number of halogens is 1. The zero-order valence-electron chi connectivity index (χ0n) is 23.2. The molecular weight excluding hydrogens is 556 g/mol. The van der Waals surface area contributed by atoms with Crippen LogP contribution in [0.4, 0.5) is 0 Å². The minimum absolute atomic E-state index is 0.176. The monoisotopic (exact) mass is 588 g/mol. The molecule has 0 radical (unpaired) electrons. The van der Waals surface area contributed by atoms with Crippen LogP contribution in [0.25, 0.3) is 32.7 Å². The lowest BCUT2D eigenvalue weighted by Crippen LogP contribution is -2.47. The summed E-state index contributed by atoms with van der Waals surface area (Å²) in [7, 11) is 1.81. The number of hydrogen-bond donors (Lipinski definition) is 2. The minimum atomic E-state index is -1.00. The maximum atomic E-state index is 13.4. The largest absolute Gasteiger partial charge is 0.388 e. The predicted molar refractivity (Wildman–Crippen MR) is 165 cm³/mol. The summed E-state index contributed by atoms with van der Waals surface area (Å²) in [6, 6.07) is 16.3. The Bertz CT molecular complexity index is 1770. The van der Waals surface area contributed by atoms with Crippen molar-refractivity contribution in [2.45, 2.75) is 45.0 Å². The molecule has 5 aromatic rings. The van der Waals surface area contributed by atoms with Gasteiger partial charge < -0.3 is 10.8 Å². The van der Waals surface area contributed by atoms with Crippen molar-refractivity contribution in [2.75, 3.05) is 13.1 Å². The number of benzene rings is 2. The van der Waals surface area contributed by atoms with Gasteiger partial charge in [0, 0.05) is 48.7 Å². The fourth-order valence-corrected chi connectivity index (χ4v) is 6.72. The van der Waals surface area contributed by atoms with Gasteiger partial charge in [0.05, 0.1) is 24.2 Å². The highest BCUT2D eigenvalue weighted by Crippen LogP contribution is 2.32. The lowest BCUT2D eigenvalue weighted by Gasteiger charge is -2.38. The van der Waals surface area contributed by atoms with Gasteiger partial charge in [-0.1, -0.05) is 48.0 Å². The van der Waals surface area contributed by atoms with Crippen LogP contribution in [0, 0.1) is 6.92 Å². The van der Waals surface area contributed by atoms with Crippen LogP contribution in [0.2, 0.25) is 5.02 Å². The van der Waals surface area contributed by atoms with Crippen molar-refractivity contribution < 1.29 is 5.11 Å². The highest BCUT2D eigenvalue weighted by atomic mass is 35.5. The van der Waals surface area contributed by atoms with Gasteiger partial charge in [-0.05, 0) is 59.5 Å². The fourth-order valence-electron chi connectivity index (χ4n) is 5.58. The van der Waals surface area contributed by atoms with Crippen molar-refractivity contribution in [2.24, 2.45) is 12.8 Å². The zero-order chi connectivity index (χ0) is 28.7. The summed E-state index contributed by atoms with van der Waals surface area (Å²) >= 11 is 8.39. The number of fused-ring (bicyclic) bond motifs is 1. The van der Waals surface area contributed by atoms with Crippen molar-refractivity contribution >= 4 is 34.0 Å². The average Bonchev–Trinajstić information content (AvgIpc) is 3.55. The quantitative estimate of drug-likeness (QED) is 0.278. The number of nitrogens with two attached hydrogens (primary N) is 1. The lowest BCUT2D eigenvalue weighted by atomic mass is 9.91. The normalized spacial score (nSPS) is 15.5. The van der Waals surface area contributed by atoms with Crippen molar-refractivity contribution in [1.82, 2.24) is 24.2 Å². The molecule has 0 spiro atoms. The smallest absolute Gasteiger partial charge is 0.281 e. The number of thiophene rings is 1. The van der Waals surface area contributed by atoms with E-state index in [-0.39, 0.29) is 12.1 Å². The summed E-state index contributed by atoms with van der Waals surface area (Å²) in [5.74, 6) is 0. The summed E-state index contributed by atoms with van der Waals surface area (Å²) in [6.07, 6.45) is 2.62. The molecule has 10 heteroatoms. The Morgan fingerprint density at radius 1 is 1.07 bits per heavy atom. The highest BCUT2D eigenvalue weighted by Gasteiger charge is 2.33. The molecule has 3 aromatic heterocycles. The number of aliphatic hydroxyl groups is 1. The molecule has 41 heavy (non-hydrogen) atoms. The van der Waals surface area contributed by atoms with E-state index in [1.807, 2.05) is 37.4 Å². The SMILES string of the molecule is Cc1csc(-c2ccc(CN3CCC(O)(Cn4cnc5c(-c6ccc(CN)cc6)n(C)nc5c4=O)CC3)c(Cl)c2)c1. The molecule has 1 aliphatic heterocycles. The van der Waals surface area contributed by atoms with Crippen LogP contribution in [0.5, 0.6) is 0 Å². The standard InChI is InChI=1S/C31H33ClN6O2S/c1-20-13-26(41-17-20)23-7-8-24(25(32)14-23)16-37-11-9-31(40,10-12-37)18-38-19-34-27-28(30(38)39)35-36(2)29(27)22-5-3-21(15-33)4-6-22/h3-8,13-14,17,19,40H,9-12,15-16,18,33H2,1-2H3. The van der Waals surface area contributed by atoms with Crippen LogP contribution in [0.3, 0.4) is 0 Å². The Hall–Kier alpha value is -3.34. The molecule has 212 valence electrons. The van der Waals surface area contributed by atoms with E-state index in [9.17, 15) is 9.90 Å². The maximum Gasteiger partial charge on any atom is 0.281 e. The van der Waals surface area contributed by atoms with Crippen LogP contribution in [0.15, 0.2) is 65.0 Å². The van der Waals surface area contributed by atoms with Crippen molar-refractivity contribution in [1.29, 1.82) is 0 Å². The number of aromatic nitrogens is 4. The Balaban J connectivity index is 1.14. The third-order valence-corrected chi connectivity index (χ3v) is 9.44. The number of piperidine rings is 1. The van der Waals surface area contributed by atoms with Gasteiger partial charge in [0.1, 0.15) is 5.52 Å². The molecule has 8 nitrogen and oxygen atoms in total. The van der Waals surface area contributed by atoms with E-state index in [2.05, 4.69) is 45.5 Å².